The molecule has 1 aromatic rings. The summed E-state index contributed by atoms with van der Waals surface area (Å²) in [5.41, 5.74) is 1.23. The van der Waals surface area contributed by atoms with Crippen LogP contribution in [0.2, 0.25) is 0 Å². The van der Waals surface area contributed by atoms with Crippen molar-refractivity contribution in [2.45, 2.75) is 44.8 Å². The molecule has 3 nitrogen and oxygen atoms in total. The van der Waals surface area contributed by atoms with E-state index in [0.29, 0.717) is 0 Å². The maximum absolute atomic E-state index is 10.1. The van der Waals surface area contributed by atoms with Gasteiger partial charge >= 0.3 is 0 Å². The number of aromatic nitrogens is 2. The molecule has 0 saturated carbocycles. The van der Waals surface area contributed by atoms with E-state index >= 15 is 0 Å². The molecule has 1 unspecified atom stereocenters. The van der Waals surface area contributed by atoms with Crippen molar-refractivity contribution in [1.82, 2.24) is 9.55 Å². The number of imidazole rings is 1. The van der Waals surface area contributed by atoms with Crippen LogP contribution in [0.4, 0.5) is 0 Å². The lowest BCUT2D eigenvalue weighted by molar-refractivity contribution is 0.0750. The molecule has 1 aromatic heterocycles. The topological polar surface area (TPSA) is 38.1 Å². The van der Waals surface area contributed by atoms with Crippen LogP contribution in [-0.2, 0) is 12.8 Å². The van der Waals surface area contributed by atoms with Crippen molar-refractivity contribution >= 4 is 11.8 Å². The van der Waals surface area contributed by atoms with Crippen molar-refractivity contribution < 1.29 is 5.11 Å². The van der Waals surface area contributed by atoms with Gasteiger partial charge in [-0.1, -0.05) is 0 Å². The van der Waals surface area contributed by atoms with Crippen molar-refractivity contribution in [3.63, 3.8) is 0 Å². The summed E-state index contributed by atoms with van der Waals surface area (Å²) in [6, 6.07) is 0. The van der Waals surface area contributed by atoms with Crippen LogP contribution in [0.25, 0.3) is 0 Å². The zero-order valence-corrected chi connectivity index (χ0v) is 11.0. The fourth-order valence-corrected chi connectivity index (χ4v) is 4.15. The highest BCUT2D eigenvalue weighted by Crippen LogP contribution is 2.29. The Morgan fingerprint density at radius 1 is 1.35 bits per heavy atom. The number of aliphatic hydroxyl groups is 1. The average Bonchev–Trinajstić information content (AvgIpc) is 2.75. The monoisotopic (exact) mass is 252 g/mol. The summed E-state index contributed by atoms with van der Waals surface area (Å²) >= 11 is 2.06. The minimum absolute atomic E-state index is 0.325. The van der Waals surface area contributed by atoms with Crippen LogP contribution in [0.15, 0.2) is 6.20 Å². The van der Waals surface area contributed by atoms with Crippen LogP contribution in [-0.4, -0.2) is 26.2 Å². The third-order valence-electron chi connectivity index (χ3n) is 3.96. The summed E-state index contributed by atoms with van der Waals surface area (Å²) in [5, 5.41) is 10.1. The molecule has 1 N–H and O–H groups in total. The second-order valence-electron chi connectivity index (χ2n) is 5.17. The molecule has 2 aliphatic rings. The van der Waals surface area contributed by atoms with Crippen molar-refractivity contribution in [2.75, 3.05) is 11.5 Å². The lowest BCUT2D eigenvalue weighted by Crippen LogP contribution is -2.22. The van der Waals surface area contributed by atoms with Gasteiger partial charge in [-0.05, 0) is 49.5 Å². The van der Waals surface area contributed by atoms with Gasteiger partial charge in [-0.2, -0.15) is 11.8 Å². The molecule has 4 heteroatoms. The Labute approximate surface area is 107 Å². The van der Waals surface area contributed by atoms with Crippen molar-refractivity contribution in [3.05, 3.63) is 17.7 Å². The normalized spacial score (nSPS) is 25.8. The van der Waals surface area contributed by atoms with Gasteiger partial charge < -0.3 is 9.67 Å². The molecule has 3 heterocycles. The molecule has 0 radical (unpaired) electrons. The lowest BCUT2D eigenvalue weighted by Gasteiger charge is -2.25. The van der Waals surface area contributed by atoms with Gasteiger partial charge in [-0.3, -0.25) is 0 Å². The Morgan fingerprint density at radius 2 is 2.18 bits per heavy atom. The average molecular weight is 252 g/mol. The van der Waals surface area contributed by atoms with Gasteiger partial charge in [0.15, 0.2) is 0 Å². The molecule has 17 heavy (non-hydrogen) atoms. The molecule has 94 valence electrons. The van der Waals surface area contributed by atoms with E-state index < -0.39 is 0 Å². The van der Waals surface area contributed by atoms with Gasteiger partial charge in [0.05, 0.1) is 0 Å². The Bertz CT molecular complexity index is 385. The largest absolute Gasteiger partial charge is 0.373 e. The van der Waals surface area contributed by atoms with Crippen LogP contribution in [0.5, 0.6) is 0 Å². The van der Waals surface area contributed by atoms with E-state index in [1.807, 2.05) is 6.20 Å². The quantitative estimate of drug-likeness (QED) is 0.878. The molecular formula is C13H20N2OS. The highest BCUT2D eigenvalue weighted by molar-refractivity contribution is 7.99. The zero-order valence-electron chi connectivity index (χ0n) is 10.1. The van der Waals surface area contributed by atoms with Crippen molar-refractivity contribution in [2.24, 2.45) is 5.92 Å². The smallest absolute Gasteiger partial charge is 0.132 e. The fourth-order valence-electron chi connectivity index (χ4n) is 2.94. The number of nitrogens with zero attached hydrogens (tertiary/aromatic N) is 2. The van der Waals surface area contributed by atoms with Gasteiger partial charge in [0.1, 0.15) is 12.1 Å². The highest BCUT2D eigenvalue weighted by Gasteiger charge is 2.23. The van der Waals surface area contributed by atoms with Gasteiger partial charge in [-0.25, -0.2) is 4.98 Å². The molecule has 1 fully saturated rings. The molecular weight excluding hydrogens is 232 g/mol. The zero-order chi connectivity index (χ0) is 11.7. The van der Waals surface area contributed by atoms with E-state index in [1.165, 1.54) is 30.0 Å². The molecule has 1 saturated heterocycles. The van der Waals surface area contributed by atoms with Gasteiger partial charge in [0.25, 0.3) is 0 Å². The number of fused-ring (bicyclic) bond motifs is 1. The van der Waals surface area contributed by atoms with E-state index in [4.69, 9.17) is 0 Å². The predicted octanol–water partition coefficient (Wildman–Crippen LogP) is 2.40. The van der Waals surface area contributed by atoms with Gasteiger partial charge in [-0.15, -0.1) is 0 Å². The van der Waals surface area contributed by atoms with E-state index in [1.54, 1.807) is 0 Å². The standard InChI is InChI=1S/C13H20N2OS/c16-13-3-1-2-11-9-14-12(15(11)13)8-10-4-6-17-7-5-10/h9-10,13,16H,1-8H2. The van der Waals surface area contributed by atoms with Crippen LogP contribution in [0.1, 0.15) is 43.4 Å². The Hall–Kier alpha value is -0.480. The summed E-state index contributed by atoms with van der Waals surface area (Å²) in [5.74, 6) is 4.47. The third-order valence-corrected chi connectivity index (χ3v) is 5.00. The van der Waals surface area contributed by atoms with Crippen molar-refractivity contribution in [1.29, 1.82) is 0 Å². The van der Waals surface area contributed by atoms with E-state index in [-0.39, 0.29) is 6.23 Å². The summed E-state index contributed by atoms with van der Waals surface area (Å²) < 4.78 is 2.09. The number of aryl methyl sites for hydroxylation is 1. The number of thioether (sulfide) groups is 1. The minimum Gasteiger partial charge on any atom is -0.373 e. The Morgan fingerprint density at radius 3 is 3.00 bits per heavy atom. The van der Waals surface area contributed by atoms with Crippen LogP contribution in [0.3, 0.4) is 0 Å². The maximum atomic E-state index is 10.1. The first-order valence-corrected chi connectivity index (χ1v) is 7.81. The summed E-state index contributed by atoms with van der Waals surface area (Å²) in [6.07, 6.45) is 8.36. The molecule has 0 aliphatic carbocycles. The van der Waals surface area contributed by atoms with E-state index in [2.05, 4.69) is 21.3 Å². The number of hydrogen-bond acceptors (Lipinski definition) is 3. The summed E-state index contributed by atoms with van der Waals surface area (Å²) in [4.78, 5) is 4.54. The molecule has 0 spiro atoms. The number of rotatable bonds is 2. The van der Waals surface area contributed by atoms with Crippen LogP contribution >= 0.6 is 11.8 Å². The first-order valence-electron chi connectivity index (χ1n) is 6.65. The molecule has 3 rings (SSSR count). The van der Waals surface area contributed by atoms with Gasteiger partial charge in [0.2, 0.25) is 0 Å². The van der Waals surface area contributed by atoms with E-state index in [0.717, 1.165) is 37.4 Å². The molecule has 2 aliphatic heterocycles. The van der Waals surface area contributed by atoms with E-state index in [9.17, 15) is 5.11 Å². The summed E-state index contributed by atoms with van der Waals surface area (Å²) in [7, 11) is 0. The van der Waals surface area contributed by atoms with Crippen molar-refractivity contribution in [3.8, 4) is 0 Å². The molecule has 1 atom stereocenters. The molecule has 0 aromatic carbocycles. The second-order valence-corrected chi connectivity index (χ2v) is 6.39. The minimum atomic E-state index is -0.325. The first-order chi connectivity index (χ1) is 8.34. The van der Waals surface area contributed by atoms with Crippen LogP contribution in [0, 0.1) is 5.92 Å². The Kier molecular flexibility index (Phi) is 3.43. The summed E-state index contributed by atoms with van der Waals surface area (Å²) in [6.45, 7) is 0. The first kappa shape index (κ1) is 11.6. The van der Waals surface area contributed by atoms with Gasteiger partial charge in [0, 0.05) is 18.3 Å². The lowest BCUT2D eigenvalue weighted by atomic mass is 9.98. The number of hydrogen-bond donors (Lipinski definition) is 1. The number of aliphatic hydroxyl groups excluding tert-OH is 1. The second kappa shape index (κ2) is 5.02. The predicted molar refractivity (Wildman–Crippen MR) is 70.2 cm³/mol. The van der Waals surface area contributed by atoms with Crippen LogP contribution < -0.4 is 0 Å². The third kappa shape index (κ3) is 2.38. The molecule has 0 amide bonds. The molecule has 0 bridgehead atoms. The highest BCUT2D eigenvalue weighted by atomic mass is 32.2. The fraction of sp³-hybridized carbons (Fsp3) is 0.769. The maximum Gasteiger partial charge on any atom is 0.132 e. The Balaban J connectivity index is 1.76. The SMILES string of the molecule is OC1CCCc2cnc(CC3CCSCC3)n21.